The highest BCUT2D eigenvalue weighted by atomic mass is 35.5. The first-order valence-electron chi connectivity index (χ1n) is 12.8. The van der Waals surface area contributed by atoms with Crippen molar-refractivity contribution in [1.29, 1.82) is 0 Å². The van der Waals surface area contributed by atoms with Gasteiger partial charge in [0.25, 0.3) is 0 Å². The molecule has 0 aliphatic rings. The molecule has 0 N–H and O–H groups in total. The van der Waals surface area contributed by atoms with E-state index in [1.807, 2.05) is 18.2 Å². The summed E-state index contributed by atoms with van der Waals surface area (Å²) < 4.78 is 6.13. The van der Waals surface area contributed by atoms with E-state index in [1.165, 1.54) is 49.0 Å². The molecular weight excluding hydrogens is 484 g/mol. The normalized spacial score (nSPS) is 11.8. The van der Waals surface area contributed by atoms with E-state index in [1.54, 1.807) is 0 Å². The quantitative estimate of drug-likeness (QED) is 0.213. The summed E-state index contributed by atoms with van der Waals surface area (Å²) in [5.41, 5.74) is 6.65. The summed E-state index contributed by atoms with van der Waals surface area (Å²) in [4.78, 5) is 0. The van der Waals surface area contributed by atoms with Crippen molar-refractivity contribution in [3.63, 3.8) is 0 Å². The van der Waals surface area contributed by atoms with Crippen LogP contribution in [0, 0.1) is 0 Å². The highest BCUT2D eigenvalue weighted by molar-refractivity contribution is 6.32. The standard InChI is InChI=1S/C36H21ClO/c37-24-17-19-34-32(21-24)31-20-23(16-18-33(31)38-34)35-27-11-3-5-13-29(27)36(30-14-6-4-12-28(30)35)26-15-7-9-22-8-1-2-10-25(22)26/h1-21H. The van der Waals surface area contributed by atoms with Gasteiger partial charge in [-0.15, -0.1) is 0 Å². The second-order valence-corrected chi connectivity index (χ2v) is 10.3. The fourth-order valence-electron chi connectivity index (χ4n) is 6.08. The lowest BCUT2D eigenvalue weighted by Gasteiger charge is -2.18. The zero-order valence-electron chi connectivity index (χ0n) is 20.4. The predicted molar refractivity (Wildman–Crippen MR) is 162 cm³/mol. The van der Waals surface area contributed by atoms with Gasteiger partial charge < -0.3 is 4.42 Å². The fourth-order valence-corrected chi connectivity index (χ4v) is 6.25. The Kier molecular flexibility index (Phi) is 4.64. The third kappa shape index (κ3) is 3.13. The molecule has 0 fully saturated rings. The van der Waals surface area contributed by atoms with Crippen LogP contribution in [0.25, 0.3) is 76.5 Å². The van der Waals surface area contributed by atoms with E-state index in [9.17, 15) is 0 Å². The molecule has 0 spiro atoms. The first-order valence-corrected chi connectivity index (χ1v) is 13.2. The van der Waals surface area contributed by atoms with Crippen LogP contribution in [-0.2, 0) is 0 Å². The molecule has 1 nitrogen and oxygen atoms in total. The van der Waals surface area contributed by atoms with Crippen molar-refractivity contribution >= 4 is 65.9 Å². The Morgan fingerprint density at radius 3 is 1.68 bits per heavy atom. The Balaban J connectivity index is 1.51. The summed E-state index contributed by atoms with van der Waals surface area (Å²) >= 11 is 6.36. The number of furan rings is 1. The number of fused-ring (bicyclic) bond motifs is 6. The minimum atomic E-state index is 0.709. The van der Waals surface area contributed by atoms with Gasteiger partial charge in [0.15, 0.2) is 0 Å². The lowest BCUT2D eigenvalue weighted by molar-refractivity contribution is 0.669. The Morgan fingerprint density at radius 1 is 0.421 bits per heavy atom. The molecule has 0 amide bonds. The first kappa shape index (κ1) is 21.5. The van der Waals surface area contributed by atoms with Crippen molar-refractivity contribution in [3.05, 3.63) is 132 Å². The predicted octanol–water partition coefficient (Wildman–Crippen LogP) is 11.0. The van der Waals surface area contributed by atoms with Crippen molar-refractivity contribution in [2.75, 3.05) is 0 Å². The highest BCUT2D eigenvalue weighted by Crippen LogP contribution is 2.46. The van der Waals surface area contributed by atoms with Crippen LogP contribution in [-0.4, -0.2) is 0 Å². The molecule has 0 unspecified atom stereocenters. The van der Waals surface area contributed by atoms with Crippen molar-refractivity contribution in [1.82, 2.24) is 0 Å². The van der Waals surface area contributed by atoms with E-state index in [-0.39, 0.29) is 0 Å². The highest BCUT2D eigenvalue weighted by Gasteiger charge is 2.18. The lowest BCUT2D eigenvalue weighted by Crippen LogP contribution is -1.91. The maximum Gasteiger partial charge on any atom is 0.135 e. The average molecular weight is 505 g/mol. The van der Waals surface area contributed by atoms with Gasteiger partial charge >= 0.3 is 0 Å². The Hall–Kier alpha value is -4.59. The van der Waals surface area contributed by atoms with Gasteiger partial charge in [-0.3, -0.25) is 0 Å². The van der Waals surface area contributed by atoms with Crippen LogP contribution in [0.2, 0.25) is 5.02 Å². The van der Waals surface area contributed by atoms with E-state index in [0.717, 1.165) is 27.5 Å². The van der Waals surface area contributed by atoms with Gasteiger partial charge in [0, 0.05) is 15.8 Å². The van der Waals surface area contributed by atoms with Crippen molar-refractivity contribution in [2.24, 2.45) is 0 Å². The van der Waals surface area contributed by atoms with Gasteiger partial charge in [0.05, 0.1) is 0 Å². The van der Waals surface area contributed by atoms with Gasteiger partial charge in [-0.05, 0) is 84.9 Å². The van der Waals surface area contributed by atoms with Gasteiger partial charge in [-0.25, -0.2) is 0 Å². The summed E-state index contributed by atoms with van der Waals surface area (Å²) in [7, 11) is 0. The smallest absolute Gasteiger partial charge is 0.135 e. The summed E-state index contributed by atoms with van der Waals surface area (Å²) in [6.07, 6.45) is 0. The largest absolute Gasteiger partial charge is 0.456 e. The van der Waals surface area contributed by atoms with E-state index in [4.69, 9.17) is 16.0 Å². The van der Waals surface area contributed by atoms with Crippen LogP contribution >= 0.6 is 11.6 Å². The zero-order valence-corrected chi connectivity index (χ0v) is 21.2. The van der Waals surface area contributed by atoms with E-state index in [2.05, 4.69) is 109 Å². The minimum Gasteiger partial charge on any atom is -0.456 e. The molecule has 38 heavy (non-hydrogen) atoms. The molecule has 7 aromatic carbocycles. The van der Waals surface area contributed by atoms with E-state index >= 15 is 0 Å². The Bertz CT molecular complexity index is 2140. The molecule has 0 aliphatic heterocycles. The summed E-state index contributed by atoms with van der Waals surface area (Å²) in [5, 5.41) is 10.3. The average Bonchev–Trinajstić information content (AvgIpc) is 3.32. The molecule has 178 valence electrons. The summed E-state index contributed by atoms with van der Waals surface area (Å²) in [6.45, 7) is 0. The third-order valence-corrected chi connectivity index (χ3v) is 7.95. The minimum absolute atomic E-state index is 0.709. The van der Waals surface area contributed by atoms with Crippen LogP contribution in [0.3, 0.4) is 0 Å². The molecule has 8 aromatic rings. The molecule has 1 heterocycles. The van der Waals surface area contributed by atoms with Crippen LogP contribution in [0.4, 0.5) is 0 Å². The summed E-state index contributed by atoms with van der Waals surface area (Å²) in [6, 6.07) is 45.2. The number of rotatable bonds is 2. The monoisotopic (exact) mass is 504 g/mol. The first-order chi connectivity index (χ1) is 18.8. The second-order valence-electron chi connectivity index (χ2n) is 9.82. The van der Waals surface area contributed by atoms with Gasteiger partial charge in [0.1, 0.15) is 11.2 Å². The zero-order chi connectivity index (χ0) is 25.2. The topological polar surface area (TPSA) is 13.1 Å². The SMILES string of the molecule is Clc1ccc2oc3ccc(-c4c5ccccc5c(-c5cccc6ccccc56)c5ccccc45)cc3c2c1. The number of benzene rings is 7. The molecule has 0 saturated heterocycles. The lowest BCUT2D eigenvalue weighted by atomic mass is 9.84. The maximum absolute atomic E-state index is 6.36. The molecule has 0 radical (unpaired) electrons. The van der Waals surface area contributed by atoms with Gasteiger partial charge in [0.2, 0.25) is 0 Å². The van der Waals surface area contributed by atoms with E-state index in [0.29, 0.717) is 5.02 Å². The van der Waals surface area contributed by atoms with Crippen molar-refractivity contribution < 1.29 is 4.42 Å². The molecule has 0 bridgehead atoms. The molecule has 0 atom stereocenters. The van der Waals surface area contributed by atoms with Crippen LogP contribution in [0.5, 0.6) is 0 Å². The van der Waals surface area contributed by atoms with Crippen molar-refractivity contribution in [3.8, 4) is 22.3 Å². The van der Waals surface area contributed by atoms with Crippen LogP contribution < -0.4 is 0 Å². The fraction of sp³-hybridized carbons (Fsp3) is 0. The van der Waals surface area contributed by atoms with Crippen molar-refractivity contribution in [2.45, 2.75) is 0 Å². The van der Waals surface area contributed by atoms with Gasteiger partial charge in [-0.2, -0.15) is 0 Å². The molecule has 8 rings (SSSR count). The second kappa shape index (κ2) is 8.21. The maximum atomic E-state index is 6.36. The third-order valence-electron chi connectivity index (χ3n) is 7.71. The number of hydrogen-bond donors (Lipinski definition) is 0. The van der Waals surface area contributed by atoms with Crippen LogP contribution in [0.15, 0.2) is 132 Å². The number of hydrogen-bond acceptors (Lipinski definition) is 1. The molecule has 2 heteroatoms. The number of halogens is 1. The molecular formula is C36H21ClO. The Morgan fingerprint density at radius 2 is 0.974 bits per heavy atom. The summed E-state index contributed by atoms with van der Waals surface area (Å²) in [5.74, 6) is 0. The van der Waals surface area contributed by atoms with Crippen LogP contribution in [0.1, 0.15) is 0 Å². The molecule has 0 aliphatic carbocycles. The molecule has 0 saturated carbocycles. The Labute approximate surface area is 224 Å². The van der Waals surface area contributed by atoms with Gasteiger partial charge in [-0.1, -0.05) is 109 Å². The van der Waals surface area contributed by atoms with E-state index < -0.39 is 0 Å². The molecule has 1 aromatic heterocycles.